The zero-order valence-corrected chi connectivity index (χ0v) is 44.6. The second-order valence-corrected chi connectivity index (χ2v) is 15.8. The van der Waals surface area contributed by atoms with E-state index in [4.69, 9.17) is 15.7 Å². The van der Waals surface area contributed by atoms with Crippen molar-refractivity contribution in [3.8, 4) is 11.4 Å². The summed E-state index contributed by atoms with van der Waals surface area (Å²) in [5.74, 6) is -1.70. The van der Waals surface area contributed by atoms with Gasteiger partial charge in [0.25, 0.3) is 0 Å². The van der Waals surface area contributed by atoms with Crippen LogP contribution in [0.1, 0.15) is 65.9 Å². The number of benzene rings is 1. The molecule has 1 fully saturated rings. The number of likely N-dealkylation sites (tertiary alicyclic amines) is 1. The van der Waals surface area contributed by atoms with Gasteiger partial charge in [0.15, 0.2) is 5.82 Å². The van der Waals surface area contributed by atoms with Crippen LogP contribution in [0, 0.1) is 0 Å². The average Bonchev–Trinajstić information content (AvgIpc) is 3.97. The van der Waals surface area contributed by atoms with Crippen LogP contribution in [-0.4, -0.2) is 160 Å². The van der Waals surface area contributed by atoms with Crippen LogP contribution < -0.4 is 32.5 Å². The quantitative estimate of drug-likeness (QED) is 0.0545. The zero-order valence-electron chi connectivity index (χ0n) is 41.8. The molecule has 1 saturated heterocycles. The number of hydrogen-bond donors (Lipinski definition) is 7. The van der Waals surface area contributed by atoms with Crippen LogP contribution in [0.4, 0.5) is 34.3 Å². The van der Waals surface area contributed by atoms with Gasteiger partial charge in [0, 0.05) is 95.1 Å². The molecule has 4 heterocycles. The Morgan fingerprint density at radius 3 is 2.21 bits per heavy atom. The molecule has 72 heavy (non-hydrogen) atoms. The molecule has 22 nitrogen and oxygen atoms in total. The monoisotopic (exact) mass is 1090 g/mol. The summed E-state index contributed by atoms with van der Waals surface area (Å²) in [7, 11) is 4.98. The molecular formula is C46H66F3N13O9Y. The Bertz CT molecular complexity index is 2360. The van der Waals surface area contributed by atoms with E-state index in [1.54, 1.807) is 48.9 Å². The standard InChI is InChI=1S/C37H44F3N11O6.C4H8N2O3.C3H8.C2H6.Y/c1-23(33(53)44-22-37(38,39)40)45-29-13-15-41-31(47-29)27-20-51(32-26(27)7-5-14-42-32)35(55)49(3)17-18-50(4)36(56)57-21-24-9-11-25(12-10-24)46-30(52)19-43-34(54)28-8-6-16-48(28)2;5-4(8)1-3(2-7)6-9;1-3-2;1-2;/h5,7,9-15,20,23,28H,6,8,16-19,21-22H2,1-4H3,(H,43,54)(H,44,53)(H,46,52)(H,41,45,47);2-3,6,9H,1H2,(H2,5,8);3H2,1-2H3;1-2H3;. The predicted molar refractivity (Wildman–Crippen MR) is 259 cm³/mol. The summed E-state index contributed by atoms with van der Waals surface area (Å²) >= 11 is 0. The molecule has 3 aromatic heterocycles. The number of likely N-dealkylation sites (N-methyl/N-ethyl adjacent to an activating group) is 3. The molecule has 3 unspecified atom stereocenters. The first-order valence-electron chi connectivity index (χ1n) is 22.7. The minimum absolute atomic E-state index is 0. The number of pyridine rings is 1. The number of aldehydes is 1. The van der Waals surface area contributed by atoms with Crippen molar-refractivity contribution in [3.05, 3.63) is 66.6 Å². The summed E-state index contributed by atoms with van der Waals surface area (Å²) in [5, 5.41) is 18.6. The van der Waals surface area contributed by atoms with Crippen molar-refractivity contribution < 1.29 is 89.4 Å². The predicted octanol–water partition coefficient (Wildman–Crippen LogP) is 4.14. The number of aromatic nitrogens is 4. The molecule has 0 spiro atoms. The molecule has 1 aliphatic rings. The van der Waals surface area contributed by atoms with E-state index >= 15 is 0 Å². The zero-order chi connectivity index (χ0) is 53.3. The summed E-state index contributed by atoms with van der Waals surface area (Å²) in [5.41, 5.74) is 8.25. The van der Waals surface area contributed by atoms with Crippen LogP contribution in [0.15, 0.2) is 61.1 Å². The van der Waals surface area contributed by atoms with Crippen molar-refractivity contribution in [1.82, 2.24) is 50.3 Å². The molecule has 1 aromatic carbocycles. The molecule has 0 saturated carbocycles. The molecule has 4 aromatic rings. The first kappa shape index (κ1) is 63.9. The van der Waals surface area contributed by atoms with Crippen molar-refractivity contribution in [1.29, 1.82) is 0 Å². The van der Waals surface area contributed by atoms with Gasteiger partial charge < -0.3 is 51.5 Å². The third kappa shape index (κ3) is 21.7. The van der Waals surface area contributed by atoms with E-state index in [1.807, 2.05) is 31.1 Å². The smallest absolute Gasteiger partial charge is 0.409 e. The van der Waals surface area contributed by atoms with Crippen LogP contribution in [0.3, 0.4) is 0 Å². The van der Waals surface area contributed by atoms with Gasteiger partial charge in [-0.1, -0.05) is 46.2 Å². The van der Waals surface area contributed by atoms with Crippen molar-refractivity contribution in [2.45, 2.75) is 91.2 Å². The Balaban J connectivity index is 0.00000153. The van der Waals surface area contributed by atoms with E-state index in [0.29, 0.717) is 34.1 Å². The third-order valence-electron chi connectivity index (χ3n) is 9.89. The van der Waals surface area contributed by atoms with Crippen molar-refractivity contribution in [3.63, 3.8) is 0 Å². The maximum Gasteiger partial charge on any atom is 0.409 e. The molecule has 0 bridgehead atoms. The van der Waals surface area contributed by atoms with Gasteiger partial charge in [-0.05, 0) is 69.3 Å². The van der Waals surface area contributed by atoms with E-state index in [0.717, 1.165) is 19.4 Å². The number of amides is 6. The summed E-state index contributed by atoms with van der Waals surface area (Å²) in [6, 6.07) is 8.97. The van der Waals surface area contributed by atoms with E-state index in [9.17, 15) is 46.7 Å². The summed E-state index contributed by atoms with van der Waals surface area (Å²) in [6.07, 6.45) is 2.44. The number of carbonyl (C=O) groups excluding carboxylic acids is 7. The van der Waals surface area contributed by atoms with Crippen LogP contribution >= 0.6 is 0 Å². The molecule has 1 radical (unpaired) electrons. The number of nitrogens with one attached hydrogen (secondary N) is 5. The number of nitrogens with two attached hydrogens (primary N) is 1. The van der Waals surface area contributed by atoms with Crippen LogP contribution in [0.5, 0.6) is 0 Å². The summed E-state index contributed by atoms with van der Waals surface area (Å²) in [6.45, 7) is 9.09. The number of primary amides is 1. The second kappa shape index (κ2) is 32.8. The van der Waals surface area contributed by atoms with Crippen LogP contribution in [0.2, 0.25) is 0 Å². The molecule has 5 rings (SSSR count). The fourth-order valence-electron chi connectivity index (χ4n) is 6.26. The molecular weight excluding hydrogens is 1020 g/mol. The van der Waals surface area contributed by atoms with Gasteiger partial charge in [0.2, 0.25) is 23.6 Å². The fourth-order valence-corrected chi connectivity index (χ4v) is 6.26. The number of hydroxylamine groups is 1. The second-order valence-electron chi connectivity index (χ2n) is 15.8. The van der Waals surface area contributed by atoms with Gasteiger partial charge in [0.1, 0.15) is 36.9 Å². The number of hydrogen-bond acceptors (Lipinski definition) is 15. The van der Waals surface area contributed by atoms with Gasteiger partial charge in [0.05, 0.1) is 25.0 Å². The van der Waals surface area contributed by atoms with Gasteiger partial charge >= 0.3 is 18.3 Å². The van der Waals surface area contributed by atoms with Crippen LogP contribution in [0.25, 0.3) is 22.4 Å². The number of nitrogens with zero attached hydrogens (tertiary/aromatic N) is 7. The van der Waals surface area contributed by atoms with Crippen molar-refractivity contribution in [2.75, 3.05) is 64.5 Å². The topological polar surface area (TPSA) is 288 Å². The number of carbonyl (C=O) groups is 7. The molecule has 1 aliphatic heterocycles. The maximum atomic E-state index is 13.6. The SMILES string of the molecule is CC.CC(Nc1ccnc(-c2cn(C(=O)N(C)CCN(C)C(=O)OCc3ccc(NC(=O)CNC(=O)C4CCCN4C)cc3)c3ncccc23)n1)C(=O)NCC(F)(F)F.CCC.NC(=O)CC(C=O)NO.[Y]. The van der Waals surface area contributed by atoms with Crippen molar-refractivity contribution in [2.24, 2.45) is 5.73 Å². The van der Waals surface area contributed by atoms with Gasteiger partial charge in [-0.3, -0.25) is 28.6 Å². The Hall–Kier alpha value is -6.15. The average molecular weight is 1090 g/mol. The maximum absolute atomic E-state index is 13.6. The normalized spacial score (nSPS) is 13.6. The number of rotatable bonds is 18. The number of halogens is 3. The van der Waals surface area contributed by atoms with E-state index in [2.05, 4.69) is 44.7 Å². The minimum Gasteiger partial charge on any atom is -0.445 e. The van der Waals surface area contributed by atoms with E-state index in [-0.39, 0.29) is 94.9 Å². The number of alkyl halides is 3. The minimum atomic E-state index is -4.55. The Morgan fingerprint density at radius 2 is 1.64 bits per heavy atom. The van der Waals surface area contributed by atoms with E-state index in [1.165, 1.54) is 59.4 Å². The van der Waals surface area contributed by atoms with Crippen LogP contribution in [-0.2, 0) is 68.0 Å². The molecule has 3 atom stereocenters. The summed E-state index contributed by atoms with van der Waals surface area (Å²) in [4.78, 5) is 101. The Kier molecular flexibility index (Phi) is 29.1. The first-order chi connectivity index (χ1) is 33.7. The molecule has 26 heteroatoms. The van der Waals surface area contributed by atoms with Gasteiger partial charge in [-0.2, -0.15) is 18.7 Å². The first-order valence-corrected chi connectivity index (χ1v) is 22.7. The summed E-state index contributed by atoms with van der Waals surface area (Å²) < 4.78 is 44.4. The van der Waals surface area contributed by atoms with Crippen molar-refractivity contribution >= 4 is 64.6 Å². The molecule has 8 N–H and O–H groups in total. The van der Waals surface area contributed by atoms with E-state index < -0.39 is 48.7 Å². The number of ether oxygens (including phenoxy) is 1. The molecule has 393 valence electrons. The van der Waals surface area contributed by atoms with Gasteiger partial charge in [-0.15, -0.1) is 0 Å². The Labute approximate surface area is 441 Å². The van der Waals surface area contributed by atoms with Gasteiger partial charge in [-0.25, -0.2) is 24.5 Å². The third-order valence-corrected chi connectivity index (χ3v) is 9.89. The Morgan fingerprint density at radius 1 is 0.986 bits per heavy atom. The number of anilines is 2. The molecule has 0 aliphatic carbocycles. The number of fused-ring (bicyclic) bond motifs is 1. The largest absolute Gasteiger partial charge is 0.445 e. The fraction of sp³-hybridized carbons (Fsp3) is 0.478. The molecule has 6 amide bonds.